The molecule has 1 amide bonds. The number of carbonyl (C=O) groups excluding carboxylic acids is 1. The van der Waals surface area contributed by atoms with Crippen molar-refractivity contribution in [3.63, 3.8) is 0 Å². The van der Waals surface area contributed by atoms with Gasteiger partial charge in [-0.05, 0) is 55.5 Å². The number of piperidine rings is 1. The Labute approximate surface area is 171 Å². The van der Waals surface area contributed by atoms with Crippen LogP contribution in [0.25, 0.3) is 0 Å². The zero-order chi connectivity index (χ0) is 20.3. The normalized spacial score (nSPS) is 18.0. The van der Waals surface area contributed by atoms with Crippen molar-refractivity contribution in [3.8, 4) is 0 Å². The van der Waals surface area contributed by atoms with E-state index in [-0.39, 0.29) is 24.1 Å². The average molecular weight is 421 g/mol. The van der Waals surface area contributed by atoms with Gasteiger partial charge in [0.2, 0.25) is 15.9 Å². The van der Waals surface area contributed by atoms with Gasteiger partial charge >= 0.3 is 0 Å². The molecule has 0 bridgehead atoms. The summed E-state index contributed by atoms with van der Waals surface area (Å²) in [5, 5.41) is 3.51. The van der Waals surface area contributed by atoms with Crippen molar-refractivity contribution in [2.75, 3.05) is 18.4 Å². The molecule has 0 saturated carbocycles. The number of hydrogen-bond donors (Lipinski definition) is 1. The third-order valence-electron chi connectivity index (χ3n) is 5.12. The molecule has 1 atom stereocenters. The van der Waals surface area contributed by atoms with Gasteiger partial charge in [-0.15, -0.1) is 0 Å². The monoisotopic (exact) mass is 420 g/mol. The van der Waals surface area contributed by atoms with Gasteiger partial charge in [0.25, 0.3) is 0 Å². The van der Waals surface area contributed by atoms with Gasteiger partial charge in [0.05, 0.1) is 11.7 Å². The van der Waals surface area contributed by atoms with Crippen LogP contribution < -0.4 is 5.32 Å². The fraction of sp³-hybridized carbons (Fsp3) is 0.381. The zero-order valence-electron chi connectivity index (χ0n) is 16.1. The molecule has 1 heterocycles. The molecule has 5 nitrogen and oxygen atoms in total. The Balaban J connectivity index is 1.70. The second-order valence-corrected chi connectivity index (χ2v) is 9.74. The minimum absolute atomic E-state index is 0.112. The Morgan fingerprint density at radius 1 is 1.18 bits per heavy atom. The molecule has 28 heavy (non-hydrogen) atoms. The Morgan fingerprint density at radius 2 is 1.86 bits per heavy atom. The molecule has 0 radical (unpaired) electrons. The summed E-state index contributed by atoms with van der Waals surface area (Å²) in [4.78, 5) is 12.8. The molecule has 7 heteroatoms. The predicted molar refractivity (Wildman–Crippen MR) is 113 cm³/mol. The fourth-order valence-corrected chi connectivity index (χ4v) is 5.39. The fourth-order valence-electron chi connectivity index (χ4n) is 3.57. The summed E-state index contributed by atoms with van der Waals surface area (Å²) in [6.45, 7) is 4.55. The van der Waals surface area contributed by atoms with Gasteiger partial charge in [0.1, 0.15) is 0 Å². The van der Waals surface area contributed by atoms with Crippen LogP contribution in [0.1, 0.15) is 29.5 Å². The predicted octanol–water partition coefficient (Wildman–Crippen LogP) is 4.14. The first-order valence-corrected chi connectivity index (χ1v) is 11.3. The SMILES string of the molecule is Cc1cccc(C)c1NC(=O)[C@H]1CCCN(S(=O)(=O)Cc2cccc(Cl)c2)C1. The molecular formula is C21H25ClN2O3S. The van der Waals surface area contributed by atoms with Crippen LogP contribution in [0.3, 0.4) is 0 Å². The number of sulfonamides is 1. The van der Waals surface area contributed by atoms with Crippen molar-refractivity contribution < 1.29 is 13.2 Å². The highest BCUT2D eigenvalue weighted by molar-refractivity contribution is 7.88. The summed E-state index contributed by atoms with van der Waals surface area (Å²) >= 11 is 5.97. The van der Waals surface area contributed by atoms with Crippen LogP contribution in [0.15, 0.2) is 42.5 Å². The van der Waals surface area contributed by atoms with Gasteiger partial charge in [-0.1, -0.05) is 41.9 Å². The van der Waals surface area contributed by atoms with E-state index >= 15 is 0 Å². The maximum atomic E-state index is 12.9. The van der Waals surface area contributed by atoms with Crippen LogP contribution in [-0.4, -0.2) is 31.7 Å². The van der Waals surface area contributed by atoms with Gasteiger partial charge in [0, 0.05) is 23.8 Å². The van der Waals surface area contributed by atoms with Gasteiger partial charge in [-0.3, -0.25) is 4.79 Å². The Kier molecular flexibility index (Phi) is 6.43. The summed E-state index contributed by atoms with van der Waals surface area (Å²) in [6, 6.07) is 12.7. The lowest BCUT2D eigenvalue weighted by Crippen LogP contribution is -2.44. The lowest BCUT2D eigenvalue weighted by Gasteiger charge is -2.31. The molecule has 1 fully saturated rings. The summed E-state index contributed by atoms with van der Waals surface area (Å²) in [7, 11) is -3.51. The van der Waals surface area contributed by atoms with Crippen LogP contribution in [0, 0.1) is 19.8 Å². The number of nitrogens with one attached hydrogen (secondary N) is 1. The number of anilines is 1. The van der Waals surface area contributed by atoms with Crippen LogP contribution >= 0.6 is 11.6 Å². The number of benzene rings is 2. The highest BCUT2D eigenvalue weighted by Gasteiger charge is 2.32. The standard InChI is InChI=1S/C21H25ClN2O3S/c1-15-6-3-7-16(2)20(15)23-21(25)18-9-5-11-24(13-18)28(26,27)14-17-8-4-10-19(22)12-17/h3-4,6-8,10,12,18H,5,9,11,13-14H2,1-2H3,(H,23,25)/t18-/m0/s1. The topological polar surface area (TPSA) is 66.5 Å². The first-order valence-electron chi connectivity index (χ1n) is 9.35. The first kappa shape index (κ1) is 20.8. The van der Waals surface area contributed by atoms with Crippen molar-refractivity contribution >= 4 is 33.2 Å². The van der Waals surface area contributed by atoms with Gasteiger partial charge in [-0.25, -0.2) is 12.7 Å². The maximum absolute atomic E-state index is 12.9. The highest BCUT2D eigenvalue weighted by atomic mass is 35.5. The molecule has 0 unspecified atom stereocenters. The number of amides is 1. The van der Waals surface area contributed by atoms with E-state index in [2.05, 4.69) is 5.32 Å². The molecule has 3 rings (SSSR count). The summed E-state index contributed by atoms with van der Waals surface area (Å²) in [5.41, 5.74) is 3.45. The molecule has 0 aromatic heterocycles. The number of carbonyl (C=O) groups is 1. The number of hydrogen-bond acceptors (Lipinski definition) is 3. The van der Waals surface area contributed by atoms with Crippen LogP contribution in [-0.2, 0) is 20.6 Å². The third-order valence-corrected chi connectivity index (χ3v) is 7.17. The van der Waals surface area contributed by atoms with Crippen molar-refractivity contribution in [2.24, 2.45) is 5.92 Å². The van der Waals surface area contributed by atoms with E-state index in [0.717, 1.165) is 16.8 Å². The van der Waals surface area contributed by atoms with Crippen LogP contribution in [0.5, 0.6) is 0 Å². The molecule has 150 valence electrons. The number of para-hydroxylation sites is 1. The van der Waals surface area contributed by atoms with E-state index in [4.69, 9.17) is 11.6 Å². The number of aryl methyl sites for hydroxylation is 2. The number of halogens is 1. The average Bonchev–Trinajstić information content (AvgIpc) is 2.64. The minimum atomic E-state index is -3.51. The van der Waals surface area contributed by atoms with Crippen LogP contribution in [0.2, 0.25) is 5.02 Å². The Hall–Kier alpha value is -1.89. The second kappa shape index (κ2) is 8.64. The molecule has 1 saturated heterocycles. The van der Waals surface area contributed by atoms with Crippen molar-refractivity contribution in [3.05, 3.63) is 64.2 Å². The van der Waals surface area contributed by atoms with Crippen LogP contribution in [0.4, 0.5) is 5.69 Å². The van der Waals surface area contributed by atoms with E-state index in [1.54, 1.807) is 24.3 Å². The molecule has 2 aromatic carbocycles. The van der Waals surface area contributed by atoms with E-state index in [9.17, 15) is 13.2 Å². The van der Waals surface area contributed by atoms with Crippen molar-refractivity contribution in [1.82, 2.24) is 4.31 Å². The molecule has 0 aliphatic carbocycles. The van der Waals surface area contributed by atoms with Gasteiger partial charge in [0.15, 0.2) is 0 Å². The highest BCUT2D eigenvalue weighted by Crippen LogP contribution is 2.25. The molecule has 1 aliphatic heterocycles. The molecule has 1 aliphatic rings. The number of nitrogens with zero attached hydrogens (tertiary/aromatic N) is 1. The van der Waals surface area contributed by atoms with E-state index in [0.29, 0.717) is 30.0 Å². The summed E-state index contributed by atoms with van der Waals surface area (Å²) < 4.78 is 27.1. The molecular weight excluding hydrogens is 396 g/mol. The van der Waals surface area contributed by atoms with E-state index < -0.39 is 10.0 Å². The summed E-state index contributed by atoms with van der Waals surface area (Å²) in [6.07, 6.45) is 1.35. The Morgan fingerprint density at radius 3 is 2.54 bits per heavy atom. The molecule has 0 spiro atoms. The first-order chi connectivity index (χ1) is 13.3. The molecule has 1 N–H and O–H groups in total. The largest absolute Gasteiger partial charge is 0.325 e. The van der Waals surface area contributed by atoms with E-state index in [1.807, 2.05) is 32.0 Å². The van der Waals surface area contributed by atoms with E-state index in [1.165, 1.54) is 4.31 Å². The van der Waals surface area contributed by atoms with Crippen molar-refractivity contribution in [1.29, 1.82) is 0 Å². The lowest BCUT2D eigenvalue weighted by molar-refractivity contribution is -0.120. The smallest absolute Gasteiger partial charge is 0.228 e. The summed E-state index contributed by atoms with van der Waals surface area (Å²) in [5.74, 6) is -0.597. The second-order valence-electron chi connectivity index (χ2n) is 7.34. The van der Waals surface area contributed by atoms with Gasteiger partial charge in [-0.2, -0.15) is 0 Å². The van der Waals surface area contributed by atoms with Gasteiger partial charge < -0.3 is 5.32 Å². The molecule has 2 aromatic rings. The lowest BCUT2D eigenvalue weighted by atomic mass is 9.98. The Bertz CT molecular complexity index is 955. The minimum Gasteiger partial charge on any atom is -0.325 e. The quantitative estimate of drug-likeness (QED) is 0.790. The number of rotatable bonds is 5. The maximum Gasteiger partial charge on any atom is 0.228 e. The zero-order valence-corrected chi connectivity index (χ0v) is 17.7. The third kappa shape index (κ3) is 4.93. The van der Waals surface area contributed by atoms with Crippen molar-refractivity contribution in [2.45, 2.75) is 32.4 Å².